The summed E-state index contributed by atoms with van der Waals surface area (Å²) in [6, 6.07) is 12.0. The second-order valence-corrected chi connectivity index (χ2v) is 6.12. The Labute approximate surface area is 134 Å². The summed E-state index contributed by atoms with van der Waals surface area (Å²) >= 11 is 0. The molecule has 23 heavy (non-hydrogen) atoms. The van der Waals surface area contributed by atoms with Gasteiger partial charge in [0.15, 0.2) is 0 Å². The summed E-state index contributed by atoms with van der Waals surface area (Å²) in [4.78, 5) is 0. The molecule has 2 aromatic carbocycles. The van der Waals surface area contributed by atoms with Crippen molar-refractivity contribution in [1.82, 2.24) is 0 Å². The van der Waals surface area contributed by atoms with Gasteiger partial charge in [0.1, 0.15) is 0 Å². The van der Waals surface area contributed by atoms with Crippen molar-refractivity contribution in [1.29, 1.82) is 0 Å². The molecule has 1 heterocycles. The van der Waals surface area contributed by atoms with Crippen LogP contribution >= 0.6 is 0 Å². The number of fused-ring (bicyclic) bond motifs is 1. The van der Waals surface area contributed by atoms with Gasteiger partial charge in [-0.05, 0) is 54.2 Å². The monoisotopic (exact) mass is 319 g/mol. The fourth-order valence-electron chi connectivity index (χ4n) is 3.06. The summed E-state index contributed by atoms with van der Waals surface area (Å²) in [6.45, 7) is 2.18. The van der Waals surface area contributed by atoms with Gasteiger partial charge in [0.2, 0.25) is 0 Å². The van der Waals surface area contributed by atoms with Crippen molar-refractivity contribution in [3.63, 3.8) is 0 Å². The van der Waals surface area contributed by atoms with Crippen LogP contribution in [0.2, 0.25) is 0 Å². The summed E-state index contributed by atoms with van der Waals surface area (Å²) in [7, 11) is 0. The number of alkyl halides is 3. The molecule has 0 fully saturated rings. The van der Waals surface area contributed by atoms with Gasteiger partial charge in [0, 0.05) is 5.69 Å². The SMILES string of the molecule is CCCCc1ccc2c(c1)CC(c1ccc(C(F)(F)F)cc1)N2. The van der Waals surface area contributed by atoms with Crippen LogP contribution in [0.4, 0.5) is 18.9 Å². The molecule has 1 aliphatic heterocycles. The van der Waals surface area contributed by atoms with Crippen LogP contribution < -0.4 is 5.32 Å². The Bertz CT molecular complexity index is 674. The Hall–Kier alpha value is -1.97. The number of hydrogen-bond acceptors (Lipinski definition) is 1. The fourth-order valence-corrected chi connectivity index (χ4v) is 3.06. The number of halogens is 3. The van der Waals surface area contributed by atoms with E-state index >= 15 is 0 Å². The average molecular weight is 319 g/mol. The van der Waals surface area contributed by atoms with Crippen LogP contribution in [-0.4, -0.2) is 0 Å². The van der Waals surface area contributed by atoms with E-state index in [0.717, 1.165) is 36.2 Å². The number of benzene rings is 2. The molecule has 1 nitrogen and oxygen atoms in total. The van der Waals surface area contributed by atoms with Gasteiger partial charge >= 0.3 is 6.18 Å². The maximum Gasteiger partial charge on any atom is 0.416 e. The quantitative estimate of drug-likeness (QED) is 0.756. The Morgan fingerprint density at radius 3 is 2.48 bits per heavy atom. The van der Waals surface area contributed by atoms with E-state index < -0.39 is 11.7 Å². The van der Waals surface area contributed by atoms with Crippen LogP contribution in [-0.2, 0) is 19.0 Å². The highest BCUT2D eigenvalue weighted by Gasteiger charge is 2.30. The molecule has 1 unspecified atom stereocenters. The smallest absolute Gasteiger partial charge is 0.378 e. The molecule has 1 aliphatic rings. The van der Waals surface area contributed by atoms with Crippen molar-refractivity contribution in [2.24, 2.45) is 0 Å². The van der Waals surface area contributed by atoms with Crippen LogP contribution in [0.15, 0.2) is 42.5 Å². The van der Waals surface area contributed by atoms with E-state index in [9.17, 15) is 13.2 Å². The molecular formula is C19H20F3N. The van der Waals surface area contributed by atoms with Gasteiger partial charge < -0.3 is 5.32 Å². The minimum absolute atomic E-state index is 0.0497. The van der Waals surface area contributed by atoms with Gasteiger partial charge in [0.05, 0.1) is 11.6 Å². The molecule has 0 aliphatic carbocycles. The van der Waals surface area contributed by atoms with Crippen molar-refractivity contribution in [2.75, 3.05) is 5.32 Å². The highest BCUT2D eigenvalue weighted by Crippen LogP contribution is 2.36. The predicted molar refractivity (Wildman–Crippen MR) is 86.6 cm³/mol. The first-order chi connectivity index (χ1) is 11.0. The average Bonchev–Trinajstić information content (AvgIpc) is 2.95. The summed E-state index contributed by atoms with van der Waals surface area (Å²) in [6.07, 6.45) is -0.0355. The van der Waals surface area contributed by atoms with E-state index in [1.165, 1.54) is 24.0 Å². The molecule has 0 saturated heterocycles. The summed E-state index contributed by atoms with van der Waals surface area (Å²) in [5, 5.41) is 3.41. The van der Waals surface area contributed by atoms with Crippen molar-refractivity contribution in [3.8, 4) is 0 Å². The molecule has 0 aromatic heterocycles. The van der Waals surface area contributed by atoms with Crippen molar-refractivity contribution < 1.29 is 13.2 Å². The zero-order chi connectivity index (χ0) is 16.4. The Kier molecular flexibility index (Phi) is 4.33. The zero-order valence-corrected chi connectivity index (χ0v) is 13.1. The molecule has 0 bridgehead atoms. The molecule has 2 aromatic rings. The lowest BCUT2D eigenvalue weighted by Crippen LogP contribution is -2.08. The second-order valence-electron chi connectivity index (χ2n) is 6.12. The molecule has 3 rings (SSSR count). The van der Waals surface area contributed by atoms with Crippen LogP contribution in [0, 0.1) is 0 Å². The van der Waals surface area contributed by atoms with Crippen LogP contribution in [0.3, 0.4) is 0 Å². The van der Waals surface area contributed by atoms with E-state index in [1.807, 2.05) is 0 Å². The Morgan fingerprint density at radius 2 is 1.83 bits per heavy atom. The summed E-state index contributed by atoms with van der Waals surface area (Å²) in [5.74, 6) is 0. The van der Waals surface area contributed by atoms with Gasteiger partial charge in [0.25, 0.3) is 0 Å². The topological polar surface area (TPSA) is 12.0 Å². The van der Waals surface area contributed by atoms with Crippen LogP contribution in [0.5, 0.6) is 0 Å². The number of anilines is 1. The molecule has 1 atom stereocenters. The third-order valence-electron chi connectivity index (χ3n) is 4.38. The standard InChI is InChI=1S/C19H20F3N/c1-2-3-4-13-5-10-17-15(11-13)12-18(23-17)14-6-8-16(9-7-14)19(20,21)22/h5-11,18,23H,2-4,12H2,1H3. The third kappa shape index (κ3) is 3.52. The minimum atomic E-state index is -4.28. The molecule has 1 N–H and O–H groups in total. The summed E-state index contributed by atoms with van der Waals surface area (Å²) in [5.41, 5.74) is 3.97. The molecule has 0 spiro atoms. The van der Waals surface area contributed by atoms with Crippen molar-refractivity contribution >= 4 is 5.69 Å². The number of nitrogens with one attached hydrogen (secondary N) is 1. The zero-order valence-electron chi connectivity index (χ0n) is 13.1. The predicted octanol–water partition coefficient (Wildman–Crippen LogP) is 5.76. The first-order valence-corrected chi connectivity index (χ1v) is 8.03. The van der Waals surface area contributed by atoms with E-state index in [-0.39, 0.29) is 6.04 Å². The van der Waals surface area contributed by atoms with E-state index in [2.05, 4.69) is 30.4 Å². The van der Waals surface area contributed by atoms with Gasteiger partial charge in [-0.15, -0.1) is 0 Å². The molecule has 0 amide bonds. The van der Waals surface area contributed by atoms with Crippen molar-refractivity contribution in [2.45, 2.75) is 44.8 Å². The van der Waals surface area contributed by atoms with Gasteiger partial charge in [-0.2, -0.15) is 13.2 Å². The molecule has 0 radical (unpaired) electrons. The second kappa shape index (κ2) is 6.26. The summed E-state index contributed by atoms with van der Waals surface area (Å²) < 4.78 is 37.9. The number of aryl methyl sites for hydroxylation is 1. The number of rotatable bonds is 4. The van der Waals surface area contributed by atoms with Gasteiger partial charge in [-0.3, -0.25) is 0 Å². The highest BCUT2D eigenvalue weighted by atomic mass is 19.4. The number of hydrogen-bond donors (Lipinski definition) is 1. The molecular weight excluding hydrogens is 299 g/mol. The first-order valence-electron chi connectivity index (χ1n) is 8.03. The van der Waals surface area contributed by atoms with Crippen molar-refractivity contribution in [3.05, 3.63) is 64.7 Å². The lowest BCUT2D eigenvalue weighted by Gasteiger charge is -2.13. The molecule has 4 heteroatoms. The van der Waals surface area contributed by atoms with E-state index in [0.29, 0.717) is 0 Å². The molecule has 122 valence electrons. The minimum Gasteiger partial charge on any atom is -0.378 e. The Balaban J connectivity index is 1.74. The fraction of sp³-hybridized carbons (Fsp3) is 0.368. The van der Waals surface area contributed by atoms with Gasteiger partial charge in [-0.25, -0.2) is 0 Å². The number of unbranched alkanes of at least 4 members (excludes halogenated alkanes) is 1. The third-order valence-corrected chi connectivity index (χ3v) is 4.38. The maximum atomic E-state index is 12.6. The van der Waals surface area contributed by atoms with E-state index in [1.54, 1.807) is 12.1 Å². The van der Waals surface area contributed by atoms with Crippen LogP contribution in [0.1, 0.15) is 48.1 Å². The lowest BCUT2D eigenvalue weighted by atomic mass is 9.99. The van der Waals surface area contributed by atoms with Gasteiger partial charge in [-0.1, -0.05) is 37.6 Å². The normalized spacial score (nSPS) is 17.0. The largest absolute Gasteiger partial charge is 0.416 e. The van der Waals surface area contributed by atoms with E-state index in [4.69, 9.17) is 0 Å². The highest BCUT2D eigenvalue weighted by molar-refractivity contribution is 5.59. The lowest BCUT2D eigenvalue weighted by molar-refractivity contribution is -0.137. The Morgan fingerprint density at radius 1 is 1.09 bits per heavy atom. The first kappa shape index (κ1) is 15.9. The maximum absolute atomic E-state index is 12.6. The van der Waals surface area contributed by atoms with Crippen LogP contribution in [0.25, 0.3) is 0 Å². The molecule has 0 saturated carbocycles.